The first kappa shape index (κ1) is 15.4. The molecule has 1 aliphatic carbocycles. The zero-order chi connectivity index (χ0) is 16.6. The van der Waals surface area contributed by atoms with Gasteiger partial charge in [-0.05, 0) is 37.8 Å². The predicted octanol–water partition coefficient (Wildman–Crippen LogP) is 1.68. The molecule has 1 amide bonds. The number of piperidine rings is 1. The standard InChI is InChI=1S/C17H21N3O4/c21-15(9-13-3-1-8-23-13)20-7-2-6-17(22,11-20)10-14-18-16(19-24-14)12-4-5-12/h1,3,8,12,22H,2,4-7,9-11H2. The van der Waals surface area contributed by atoms with Crippen molar-refractivity contribution in [3.63, 3.8) is 0 Å². The molecule has 2 aromatic heterocycles. The van der Waals surface area contributed by atoms with Crippen LogP contribution in [0.3, 0.4) is 0 Å². The van der Waals surface area contributed by atoms with E-state index in [-0.39, 0.29) is 25.3 Å². The highest BCUT2D eigenvalue weighted by Gasteiger charge is 2.38. The van der Waals surface area contributed by atoms with Crippen LogP contribution in [0.5, 0.6) is 0 Å². The third kappa shape index (κ3) is 3.36. The molecule has 0 radical (unpaired) electrons. The minimum Gasteiger partial charge on any atom is -0.469 e. The van der Waals surface area contributed by atoms with Gasteiger partial charge in [-0.2, -0.15) is 4.98 Å². The van der Waals surface area contributed by atoms with Crippen LogP contribution in [0, 0.1) is 0 Å². The van der Waals surface area contributed by atoms with Crippen LogP contribution in [0.2, 0.25) is 0 Å². The molecule has 1 N–H and O–H groups in total. The van der Waals surface area contributed by atoms with Gasteiger partial charge < -0.3 is 18.9 Å². The number of furan rings is 1. The second-order valence-electron chi connectivity index (χ2n) is 6.90. The fraction of sp³-hybridized carbons (Fsp3) is 0.588. The summed E-state index contributed by atoms with van der Waals surface area (Å²) in [6.45, 7) is 0.937. The Morgan fingerprint density at radius 2 is 2.33 bits per heavy atom. The summed E-state index contributed by atoms with van der Waals surface area (Å²) in [5.41, 5.74) is -1.01. The molecule has 4 rings (SSSR count). The van der Waals surface area contributed by atoms with Crippen LogP contribution in [0.4, 0.5) is 0 Å². The smallest absolute Gasteiger partial charge is 0.230 e. The lowest BCUT2D eigenvalue weighted by molar-refractivity contribution is -0.138. The van der Waals surface area contributed by atoms with E-state index in [0.29, 0.717) is 30.5 Å². The molecular formula is C17H21N3O4. The lowest BCUT2D eigenvalue weighted by Crippen LogP contribution is -2.51. The Labute approximate surface area is 139 Å². The molecule has 1 atom stereocenters. The van der Waals surface area contributed by atoms with Crippen molar-refractivity contribution in [1.29, 1.82) is 0 Å². The van der Waals surface area contributed by atoms with Gasteiger partial charge in [-0.25, -0.2) is 0 Å². The van der Waals surface area contributed by atoms with E-state index in [4.69, 9.17) is 8.94 Å². The van der Waals surface area contributed by atoms with Crippen LogP contribution in [0.25, 0.3) is 0 Å². The summed E-state index contributed by atoms with van der Waals surface area (Å²) in [6.07, 6.45) is 5.66. The highest BCUT2D eigenvalue weighted by Crippen LogP contribution is 2.38. The Morgan fingerprint density at radius 1 is 1.46 bits per heavy atom. The minimum absolute atomic E-state index is 0.0349. The fourth-order valence-electron chi connectivity index (χ4n) is 3.27. The van der Waals surface area contributed by atoms with Crippen LogP contribution in [-0.2, 0) is 17.6 Å². The van der Waals surface area contributed by atoms with Crippen molar-refractivity contribution in [2.24, 2.45) is 0 Å². The number of hydrogen-bond donors (Lipinski definition) is 1. The molecule has 1 saturated heterocycles. The molecule has 2 aliphatic rings. The molecule has 1 unspecified atom stereocenters. The average molecular weight is 331 g/mol. The summed E-state index contributed by atoms with van der Waals surface area (Å²) < 4.78 is 10.5. The van der Waals surface area contributed by atoms with Gasteiger partial charge in [0, 0.05) is 19.0 Å². The van der Waals surface area contributed by atoms with Gasteiger partial charge in [0.2, 0.25) is 11.8 Å². The van der Waals surface area contributed by atoms with Crippen LogP contribution in [-0.4, -0.2) is 44.7 Å². The van der Waals surface area contributed by atoms with Crippen LogP contribution < -0.4 is 0 Å². The second kappa shape index (κ2) is 6.05. The quantitative estimate of drug-likeness (QED) is 0.896. The Balaban J connectivity index is 1.39. The SMILES string of the molecule is O=C(Cc1ccco1)N1CCCC(O)(Cc2nc(C3CC3)no2)C1. The average Bonchev–Trinajstić information content (AvgIpc) is 3.09. The molecule has 0 aromatic carbocycles. The number of carbonyl (C=O) groups is 1. The number of aromatic nitrogens is 2. The largest absolute Gasteiger partial charge is 0.469 e. The summed E-state index contributed by atoms with van der Waals surface area (Å²) in [4.78, 5) is 18.5. The Hall–Kier alpha value is -2.15. The van der Waals surface area contributed by atoms with Crippen LogP contribution in [0.15, 0.2) is 27.3 Å². The Bertz CT molecular complexity index is 707. The van der Waals surface area contributed by atoms with Crippen molar-refractivity contribution >= 4 is 5.91 Å². The molecule has 7 heteroatoms. The first-order valence-electron chi connectivity index (χ1n) is 8.46. The van der Waals surface area contributed by atoms with Crippen molar-refractivity contribution in [2.45, 2.75) is 50.0 Å². The number of β-amino-alcohol motifs (C(OH)–C–C–N with tert-alkyl or cyclic N) is 1. The molecule has 2 aromatic rings. The van der Waals surface area contributed by atoms with Gasteiger partial charge in [0.15, 0.2) is 5.82 Å². The highest BCUT2D eigenvalue weighted by atomic mass is 16.5. The summed E-state index contributed by atoms with van der Waals surface area (Å²) >= 11 is 0. The summed E-state index contributed by atoms with van der Waals surface area (Å²) in [6, 6.07) is 3.55. The number of carbonyl (C=O) groups excluding carboxylic acids is 1. The monoisotopic (exact) mass is 331 g/mol. The van der Waals surface area contributed by atoms with E-state index in [1.807, 2.05) is 0 Å². The zero-order valence-corrected chi connectivity index (χ0v) is 13.5. The lowest BCUT2D eigenvalue weighted by atomic mass is 9.89. The molecule has 0 bridgehead atoms. The van der Waals surface area contributed by atoms with E-state index < -0.39 is 5.60 Å². The highest BCUT2D eigenvalue weighted by molar-refractivity contribution is 5.78. The number of hydrogen-bond acceptors (Lipinski definition) is 6. The molecule has 1 aliphatic heterocycles. The van der Waals surface area contributed by atoms with E-state index in [1.54, 1.807) is 23.3 Å². The first-order chi connectivity index (χ1) is 11.6. The molecule has 2 fully saturated rings. The van der Waals surface area contributed by atoms with Gasteiger partial charge in [0.25, 0.3) is 0 Å². The first-order valence-corrected chi connectivity index (χ1v) is 8.46. The lowest BCUT2D eigenvalue weighted by Gasteiger charge is -2.38. The van der Waals surface area contributed by atoms with Gasteiger partial charge in [-0.15, -0.1) is 0 Å². The molecular weight excluding hydrogens is 310 g/mol. The maximum Gasteiger partial charge on any atom is 0.230 e. The van der Waals surface area contributed by atoms with Crippen molar-refractivity contribution < 1.29 is 18.8 Å². The van der Waals surface area contributed by atoms with E-state index in [2.05, 4.69) is 10.1 Å². The van der Waals surface area contributed by atoms with Gasteiger partial charge >= 0.3 is 0 Å². The maximum atomic E-state index is 12.4. The number of aliphatic hydroxyl groups is 1. The number of amides is 1. The van der Waals surface area contributed by atoms with E-state index in [1.165, 1.54) is 0 Å². The maximum absolute atomic E-state index is 12.4. The number of rotatable bonds is 5. The van der Waals surface area contributed by atoms with Gasteiger partial charge in [-0.1, -0.05) is 5.16 Å². The zero-order valence-electron chi connectivity index (χ0n) is 13.5. The summed E-state index contributed by atoms with van der Waals surface area (Å²) in [7, 11) is 0. The molecule has 24 heavy (non-hydrogen) atoms. The summed E-state index contributed by atoms with van der Waals surface area (Å²) in [5, 5.41) is 14.9. The molecule has 128 valence electrons. The second-order valence-corrected chi connectivity index (χ2v) is 6.90. The minimum atomic E-state index is -1.01. The van der Waals surface area contributed by atoms with E-state index in [0.717, 1.165) is 25.1 Å². The van der Waals surface area contributed by atoms with Crippen molar-refractivity contribution in [3.05, 3.63) is 35.9 Å². The van der Waals surface area contributed by atoms with Gasteiger partial charge in [0.1, 0.15) is 5.76 Å². The number of nitrogens with zero attached hydrogens (tertiary/aromatic N) is 3. The number of likely N-dealkylation sites (tertiary alicyclic amines) is 1. The fourth-order valence-corrected chi connectivity index (χ4v) is 3.27. The van der Waals surface area contributed by atoms with Crippen molar-refractivity contribution in [1.82, 2.24) is 15.0 Å². The third-order valence-electron chi connectivity index (χ3n) is 4.72. The van der Waals surface area contributed by atoms with Crippen LogP contribution in [0.1, 0.15) is 49.1 Å². The predicted molar refractivity (Wildman–Crippen MR) is 83.2 cm³/mol. The van der Waals surface area contributed by atoms with Crippen LogP contribution >= 0.6 is 0 Å². The topological polar surface area (TPSA) is 92.6 Å². The third-order valence-corrected chi connectivity index (χ3v) is 4.72. The molecule has 0 spiro atoms. The van der Waals surface area contributed by atoms with Gasteiger partial charge in [-0.3, -0.25) is 4.79 Å². The molecule has 7 nitrogen and oxygen atoms in total. The van der Waals surface area contributed by atoms with Crippen molar-refractivity contribution in [3.8, 4) is 0 Å². The molecule has 1 saturated carbocycles. The Kier molecular flexibility index (Phi) is 3.88. The Morgan fingerprint density at radius 3 is 3.08 bits per heavy atom. The molecule has 3 heterocycles. The van der Waals surface area contributed by atoms with E-state index >= 15 is 0 Å². The summed E-state index contributed by atoms with van der Waals surface area (Å²) in [5.74, 6) is 2.23. The van der Waals surface area contributed by atoms with E-state index in [9.17, 15) is 9.90 Å². The van der Waals surface area contributed by atoms with Gasteiger partial charge in [0.05, 0.1) is 24.7 Å². The normalized spacial score (nSPS) is 24.3. The van der Waals surface area contributed by atoms with Crippen molar-refractivity contribution in [2.75, 3.05) is 13.1 Å².